The number of ether oxygens (including phenoxy) is 2. The van der Waals surface area contributed by atoms with E-state index in [4.69, 9.17) is 0 Å². The third-order valence-electron chi connectivity index (χ3n) is 3.29. The molecule has 1 aromatic rings. The van der Waals surface area contributed by atoms with Crippen LogP contribution in [0.15, 0.2) is 23.1 Å². The molecule has 0 unspecified atom stereocenters. The van der Waals surface area contributed by atoms with Crippen LogP contribution >= 0.6 is 0 Å². The Morgan fingerprint density at radius 1 is 1.08 bits per heavy atom. The van der Waals surface area contributed by atoms with Gasteiger partial charge >= 0.3 is 12.1 Å². The Bertz CT molecular complexity index is 775. The lowest BCUT2D eigenvalue weighted by Gasteiger charge is -2.09. The van der Waals surface area contributed by atoms with Crippen LogP contribution in [0.1, 0.15) is 24.5 Å². The molecule has 0 heterocycles. The van der Waals surface area contributed by atoms with Crippen molar-refractivity contribution in [2.75, 3.05) is 19.8 Å². The molecular formula is C16H22N2O7S. The summed E-state index contributed by atoms with van der Waals surface area (Å²) in [6, 6.07) is 4.71. The molecule has 144 valence electrons. The largest absolute Gasteiger partial charge is 0.456 e. The fourth-order valence-electron chi connectivity index (χ4n) is 1.79. The van der Waals surface area contributed by atoms with Gasteiger partial charge in [0.1, 0.15) is 0 Å². The van der Waals surface area contributed by atoms with E-state index in [2.05, 4.69) is 14.2 Å². The zero-order chi connectivity index (χ0) is 19.7. The summed E-state index contributed by atoms with van der Waals surface area (Å²) < 4.78 is 35.7. The monoisotopic (exact) mass is 386 g/mol. The Hall–Kier alpha value is -2.46. The van der Waals surface area contributed by atoms with Crippen molar-refractivity contribution in [2.24, 2.45) is 0 Å². The van der Waals surface area contributed by atoms with Crippen molar-refractivity contribution in [3.05, 3.63) is 29.3 Å². The summed E-state index contributed by atoms with van der Waals surface area (Å²) >= 11 is 0. The number of hydrogen-bond donors (Lipinski definition) is 2. The fourth-order valence-corrected chi connectivity index (χ4v) is 2.90. The molecule has 0 saturated heterocycles. The number of nitrogens with one attached hydrogen (secondary N) is 2. The summed E-state index contributed by atoms with van der Waals surface area (Å²) in [5.41, 5.74) is 1.80. The van der Waals surface area contributed by atoms with Crippen LogP contribution in [-0.2, 0) is 29.1 Å². The Labute approximate surface area is 152 Å². The number of alkyl carbamates (subject to hydrolysis) is 1. The Kier molecular flexibility index (Phi) is 8.20. The third-order valence-corrected chi connectivity index (χ3v) is 4.75. The first-order valence-corrected chi connectivity index (χ1v) is 9.33. The van der Waals surface area contributed by atoms with Gasteiger partial charge in [-0.25, -0.2) is 17.9 Å². The van der Waals surface area contributed by atoms with Gasteiger partial charge in [0.25, 0.3) is 5.91 Å². The van der Waals surface area contributed by atoms with Gasteiger partial charge in [0.15, 0.2) is 6.61 Å². The quantitative estimate of drug-likeness (QED) is 0.632. The summed E-state index contributed by atoms with van der Waals surface area (Å²) in [5, 5.41) is 1.86. The molecular weight excluding hydrogens is 364 g/mol. The standard InChI is InChI=1S/C16H22N2O7S/c1-4-24-16(21)18-14(19)10-25-15(20)7-8-17-26(22,23)13-6-5-11(2)12(3)9-13/h5-6,9,17H,4,7-8,10H2,1-3H3,(H,18,19,21). The lowest BCUT2D eigenvalue weighted by molar-refractivity contribution is -0.148. The van der Waals surface area contributed by atoms with E-state index in [9.17, 15) is 22.8 Å². The van der Waals surface area contributed by atoms with E-state index in [1.54, 1.807) is 19.9 Å². The number of sulfonamides is 1. The number of esters is 1. The molecule has 0 radical (unpaired) electrons. The Morgan fingerprint density at radius 3 is 2.38 bits per heavy atom. The molecule has 2 amide bonds. The molecule has 0 fully saturated rings. The SMILES string of the molecule is CCOC(=O)NC(=O)COC(=O)CCNS(=O)(=O)c1ccc(C)c(C)c1. The highest BCUT2D eigenvalue weighted by atomic mass is 32.2. The highest BCUT2D eigenvalue weighted by Gasteiger charge is 2.16. The number of amides is 2. The lowest BCUT2D eigenvalue weighted by Crippen LogP contribution is -2.35. The molecule has 1 rings (SSSR count). The third kappa shape index (κ3) is 7.19. The van der Waals surface area contributed by atoms with E-state index < -0.39 is 34.6 Å². The smallest absolute Gasteiger partial charge is 0.413 e. The van der Waals surface area contributed by atoms with Crippen LogP contribution in [0.4, 0.5) is 4.79 Å². The zero-order valence-electron chi connectivity index (χ0n) is 14.8. The summed E-state index contributed by atoms with van der Waals surface area (Å²) in [6.45, 7) is 4.48. The minimum atomic E-state index is -3.75. The number of rotatable bonds is 8. The predicted octanol–water partition coefficient (Wildman–Crippen LogP) is 0.788. The van der Waals surface area contributed by atoms with Crippen LogP contribution in [0, 0.1) is 13.8 Å². The number of carbonyl (C=O) groups is 3. The summed E-state index contributed by atoms with van der Waals surface area (Å²) in [5.74, 6) is -1.63. The molecule has 0 bridgehead atoms. The number of carbonyl (C=O) groups excluding carboxylic acids is 3. The van der Waals surface area contributed by atoms with E-state index in [1.165, 1.54) is 12.1 Å². The van der Waals surface area contributed by atoms with Crippen LogP contribution in [0.3, 0.4) is 0 Å². The van der Waals surface area contributed by atoms with E-state index in [1.807, 2.05) is 12.2 Å². The van der Waals surface area contributed by atoms with Crippen LogP contribution in [-0.4, -0.2) is 46.1 Å². The topological polar surface area (TPSA) is 128 Å². The van der Waals surface area contributed by atoms with Gasteiger partial charge in [-0.05, 0) is 44.0 Å². The van der Waals surface area contributed by atoms with Crippen molar-refractivity contribution < 1.29 is 32.3 Å². The predicted molar refractivity (Wildman–Crippen MR) is 91.8 cm³/mol. The van der Waals surface area contributed by atoms with E-state index in [-0.39, 0.29) is 24.5 Å². The van der Waals surface area contributed by atoms with Crippen LogP contribution in [0.2, 0.25) is 0 Å². The second-order valence-electron chi connectivity index (χ2n) is 5.32. The normalized spacial score (nSPS) is 10.9. The van der Waals surface area contributed by atoms with Crippen molar-refractivity contribution in [2.45, 2.75) is 32.1 Å². The highest BCUT2D eigenvalue weighted by molar-refractivity contribution is 7.89. The van der Waals surface area contributed by atoms with Crippen molar-refractivity contribution in [3.8, 4) is 0 Å². The van der Waals surface area contributed by atoms with E-state index in [0.717, 1.165) is 11.1 Å². The van der Waals surface area contributed by atoms with Crippen LogP contribution in [0.5, 0.6) is 0 Å². The van der Waals surface area contributed by atoms with Gasteiger partial charge in [0.2, 0.25) is 10.0 Å². The van der Waals surface area contributed by atoms with Gasteiger partial charge in [-0.2, -0.15) is 0 Å². The maximum atomic E-state index is 12.1. The lowest BCUT2D eigenvalue weighted by atomic mass is 10.1. The summed E-state index contributed by atoms with van der Waals surface area (Å²) in [6.07, 6.45) is -1.20. The Balaban J connectivity index is 2.39. The van der Waals surface area contributed by atoms with Crippen LogP contribution < -0.4 is 10.0 Å². The van der Waals surface area contributed by atoms with Gasteiger partial charge in [-0.15, -0.1) is 0 Å². The molecule has 10 heteroatoms. The zero-order valence-corrected chi connectivity index (χ0v) is 15.6. The molecule has 0 aliphatic carbocycles. The van der Waals surface area contributed by atoms with Crippen LogP contribution in [0.25, 0.3) is 0 Å². The van der Waals surface area contributed by atoms with Gasteiger partial charge in [-0.1, -0.05) is 6.07 Å². The maximum Gasteiger partial charge on any atom is 0.413 e. The minimum absolute atomic E-state index is 0.0968. The summed E-state index contributed by atoms with van der Waals surface area (Å²) in [7, 11) is -3.75. The minimum Gasteiger partial charge on any atom is -0.456 e. The maximum absolute atomic E-state index is 12.1. The number of aryl methyl sites for hydroxylation is 2. The Morgan fingerprint density at radius 2 is 1.77 bits per heavy atom. The molecule has 0 saturated carbocycles. The highest BCUT2D eigenvalue weighted by Crippen LogP contribution is 2.14. The van der Waals surface area contributed by atoms with Crippen molar-refractivity contribution in [1.82, 2.24) is 10.0 Å². The van der Waals surface area contributed by atoms with Crippen molar-refractivity contribution >= 4 is 28.0 Å². The molecule has 0 spiro atoms. The number of benzene rings is 1. The molecule has 26 heavy (non-hydrogen) atoms. The molecule has 2 N–H and O–H groups in total. The average Bonchev–Trinajstić information content (AvgIpc) is 2.55. The second-order valence-corrected chi connectivity index (χ2v) is 7.09. The molecule has 0 atom stereocenters. The second kappa shape index (κ2) is 9.88. The fraction of sp³-hybridized carbons (Fsp3) is 0.438. The molecule has 1 aromatic carbocycles. The van der Waals surface area contributed by atoms with Crippen molar-refractivity contribution in [1.29, 1.82) is 0 Å². The van der Waals surface area contributed by atoms with E-state index >= 15 is 0 Å². The van der Waals surface area contributed by atoms with Gasteiger partial charge < -0.3 is 9.47 Å². The number of imide groups is 1. The molecule has 0 aliphatic heterocycles. The summed E-state index contributed by atoms with van der Waals surface area (Å²) in [4.78, 5) is 33.9. The molecule has 0 aromatic heterocycles. The number of hydrogen-bond acceptors (Lipinski definition) is 7. The first kappa shape index (κ1) is 21.6. The van der Waals surface area contributed by atoms with Crippen molar-refractivity contribution in [3.63, 3.8) is 0 Å². The van der Waals surface area contributed by atoms with Gasteiger partial charge in [0.05, 0.1) is 17.9 Å². The van der Waals surface area contributed by atoms with Gasteiger partial charge in [0, 0.05) is 6.54 Å². The first-order chi connectivity index (χ1) is 12.2. The molecule has 0 aliphatic rings. The van der Waals surface area contributed by atoms with E-state index in [0.29, 0.717) is 0 Å². The first-order valence-electron chi connectivity index (χ1n) is 7.85. The molecule has 9 nitrogen and oxygen atoms in total. The average molecular weight is 386 g/mol. The van der Waals surface area contributed by atoms with Gasteiger partial charge in [-0.3, -0.25) is 14.9 Å².